The average Bonchev–Trinajstić information content (AvgIpc) is 2.32. The number of nitrogens with two attached hydrogens (primary N) is 1. The molecule has 2 N–H and O–H groups in total. The molecule has 2 heteroatoms. The van der Waals surface area contributed by atoms with Gasteiger partial charge in [0.2, 0.25) is 0 Å². The second-order valence-corrected chi connectivity index (χ2v) is 6.00. The Labute approximate surface area is 111 Å². The van der Waals surface area contributed by atoms with Crippen molar-refractivity contribution in [3.8, 4) is 0 Å². The number of hydrogen-bond donors (Lipinski definition) is 1. The van der Waals surface area contributed by atoms with Gasteiger partial charge in [0.05, 0.1) is 0 Å². The molecule has 0 amide bonds. The Morgan fingerprint density at radius 3 is 2.39 bits per heavy atom. The highest BCUT2D eigenvalue weighted by molar-refractivity contribution is 5.25. The van der Waals surface area contributed by atoms with Crippen molar-refractivity contribution in [2.45, 2.75) is 44.7 Å². The quantitative estimate of drug-likeness (QED) is 0.888. The molecule has 18 heavy (non-hydrogen) atoms. The SMILES string of the molecule is Cc1cccc(C(C2CCC(N)CC2)N(C)C)c1. The summed E-state index contributed by atoms with van der Waals surface area (Å²) in [4.78, 5) is 2.37. The van der Waals surface area contributed by atoms with E-state index in [2.05, 4.69) is 50.2 Å². The predicted octanol–water partition coefficient (Wildman–Crippen LogP) is 3.12. The van der Waals surface area contributed by atoms with Gasteiger partial charge >= 0.3 is 0 Å². The summed E-state index contributed by atoms with van der Waals surface area (Å²) < 4.78 is 0. The Morgan fingerprint density at radius 1 is 1.17 bits per heavy atom. The maximum Gasteiger partial charge on any atom is 0.0370 e. The standard InChI is InChI=1S/C16H26N2/c1-12-5-4-6-14(11-12)16(18(2)3)13-7-9-15(17)10-8-13/h4-6,11,13,15-16H,7-10,17H2,1-3H3. The van der Waals surface area contributed by atoms with E-state index in [4.69, 9.17) is 5.73 Å². The molecule has 1 aliphatic rings. The highest BCUT2D eigenvalue weighted by Crippen LogP contribution is 2.37. The number of nitrogens with zero attached hydrogens (tertiary/aromatic N) is 1. The molecule has 1 fully saturated rings. The summed E-state index contributed by atoms with van der Waals surface area (Å²) in [6.45, 7) is 2.17. The molecule has 0 radical (unpaired) electrons. The van der Waals surface area contributed by atoms with E-state index in [9.17, 15) is 0 Å². The van der Waals surface area contributed by atoms with Crippen molar-refractivity contribution < 1.29 is 0 Å². The number of hydrogen-bond acceptors (Lipinski definition) is 2. The molecule has 0 spiro atoms. The van der Waals surface area contributed by atoms with Gasteiger partial charge in [-0.3, -0.25) is 0 Å². The highest BCUT2D eigenvalue weighted by Gasteiger charge is 2.28. The summed E-state index contributed by atoms with van der Waals surface area (Å²) >= 11 is 0. The van der Waals surface area contributed by atoms with Gasteiger partial charge in [-0.2, -0.15) is 0 Å². The average molecular weight is 246 g/mol. The second kappa shape index (κ2) is 5.85. The van der Waals surface area contributed by atoms with Crippen LogP contribution in [0.1, 0.15) is 42.9 Å². The summed E-state index contributed by atoms with van der Waals surface area (Å²) in [5, 5.41) is 0. The van der Waals surface area contributed by atoms with Crippen LogP contribution < -0.4 is 5.73 Å². The minimum absolute atomic E-state index is 0.432. The van der Waals surface area contributed by atoms with Gasteiger partial charge in [0.15, 0.2) is 0 Å². The zero-order valence-electron chi connectivity index (χ0n) is 11.9. The Morgan fingerprint density at radius 2 is 1.83 bits per heavy atom. The van der Waals surface area contributed by atoms with Crippen molar-refractivity contribution in [1.29, 1.82) is 0 Å². The van der Waals surface area contributed by atoms with E-state index in [0.29, 0.717) is 12.1 Å². The summed E-state index contributed by atoms with van der Waals surface area (Å²) in [7, 11) is 4.39. The maximum absolute atomic E-state index is 6.02. The lowest BCUT2D eigenvalue weighted by molar-refractivity contribution is 0.164. The van der Waals surface area contributed by atoms with E-state index >= 15 is 0 Å². The van der Waals surface area contributed by atoms with Crippen LogP contribution in [0.4, 0.5) is 0 Å². The van der Waals surface area contributed by atoms with Gasteiger partial charge in [-0.15, -0.1) is 0 Å². The Balaban J connectivity index is 2.18. The summed E-state index contributed by atoms with van der Waals surface area (Å²) in [5.41, 5.74) is 8.83. The molecule has 2 nitrogen and oxygen atoms in total. The number of benzene rings is 1. The first-order chi connectivity index (χ1) is 8.58. The van der Waals surface area contributed by atoms with Crippen LogP contribution in [0.3, 0.4) is 0 Å². The van der Waals surface area contributed by atoms with E-state index in [0.717, 1.165) is 5.92 Å². The fourth-order valence-electron chi connectivity index (χ4n) is 3.31. The van der Waals surface area contributed by atoms with E-state index < -0.39 is 0 Å². The molecular weight excluding hydrogens is 220 g/mol. The Bertz CT molecular complexity index is 378. The van der Waals surface area contributed by atoms with Gasteiger partial charge in [-0.1, -0.05) is 29.8 Å². The molecule has 1 saturated carbocycles. The number of aryl methyl sites for hydroxylation is 1. The molecule has 0 bridgehead atoms. The lowest BCUT2D eigenvalue weighted by Gasteiger charge is -2.37. The van der Waals surface area contributed by atoms with Crippen LogP contribution in [0, 0.1) is 12.8 Å². The molecule has 1 aliphatic carbocycles. The van der Waals surface area contributed by atoms with Crippen LogP contribution in [0.5, 0.6) is 0 Å². The highest BCUT2D eigenvalue weighted by atomic mass is 15.1. The molecule has 100 valence electrons. The minimum atomic E-state index is 0.432. The van der Waals surface area contributed by atoms with Crippen molar-refractivity contribution >= 4 is 0 Å². The van der Waals surface area contributed by atoms with Crippen molar-refractivity contribution in [3.05, 3.63) is 35.4 Å². The van der Waals surface area contributed by atoms with Crippen molar-refractivity contribution in [2.24, 2.45) is 11.7 Å². The summed E-state index contributed by atoms with van der Waals surface area (Å²) in [6.07, 6.45) is 4.89. The molecule has 1 atom stereocenters. The molecular formula is C16H26N2. The molecule has 1 aromatic rings. The van der Waals surface area contributed by atoms with Crippen molar-refractivity contribution in [2.75, 3.05) is 14.1 Å². The van der Waals surface area contributed by atoms with Crippen LogP contribution in [-0.4, -0.2) is 25.0 Å². The van der Waals surface area contributed by atoms with Gasteiger partial charge in [0.25, 0.3) is 0 Å². The van der Waals surface area contributed by atoms with Crippen LogP contribution in [-0.2, 0) is 0 Å². The first-order valence-electron chi connectivity index (χ1n) is 7.06. The van der Waals surface area contributed by atoms with Crippen LogP contribution >= 0.6 is 0 Å². The van der Waals surface area contributed by atoms with Crippen LogP contribution in [0.15, 0.2) is 24.3 Å². The van der Waals surface area contributed by atoms with E-state index in [1.165, 1.54) is 36.8 Å². The molecule has 1 aromatic carbocycles. The maximum atomic E-state index is 6.02. The monoisotopic (exact) mass is 246 g/mol. The largest absolute Gasteiger partial charge is 0.328 e. The van der Waals surface area contributed by atoms with Crippen LogP contribution in [0.25, 0.3) is 0 Å². The third kappa shape index (κ3) is 3.12. The van der Waals surface area contributed by atoms with Crippen LogP contribution in [0.2, 0.25) is 0 Å². The van der Waals surface area contributed by atoms with E-state index in [-0.39, 0.29) is 0 Å². The molecule has 0 heterocycles. The van der Waals surface area contributed by atoms with Crippen molar-refractivity contribution in [1.82, 2.24) is 4.90 Å². The van der Waals surface area contributed by atoms with Gasteiger partial charge in [0.1, 0.15) is 0 Å². The Hall–Kier alpha value is -0.860. The topological polar surface area (TPSA) is 29.3 Å². The Kier molecular flexibility index (Phi) is 4.41. The molecule has 0 aromatic heterocycles. The van der Waals surface area contributed by atoms with Gasteiger partial charge < -0.3 is 10.6 Å². The summed E-state index contributed by atoms with van der Waals surface area (Å²) in [5.74, 6) is 0.751. The molecule has 0 saturated heterocycles. The lowest BCUT2D eigenvalue weighted by atomic mass is 9.79. The van der Waals surface area contributed by atoms with Gasteiger partial charge in [-0.25, -0.2) is 0 Å². The molecule has 0 aliphatic heterocycles. The zero-order valence-corrected chi connectivity index (χ0v) is 11.9. The number of rotatable bonds is 3. The third-order valence-electron chi connectivity index (χ3n) is 4.20. The first kappa shape index (κ1) is 13.6. The summed E-state index contributed by atoms with van der Waals surface area (Å²) in [6, 6.07) is 9.92. The first-order valence-corrected chi connectivity index (χ1v) is 7.06. The molecule has 2 rings (SSSR count). The zero-order chi connectivity index (χ0) is 13.1. The lowest BCUT2D eigenvalue weighted by Crippen LogP contribution is -2.34. The predicted molar refractivity (Wildman–Crippen MR) is 77.5 cm³/mol. The fraction of sp³-hybridized carbons (Fsp3) is 0.625. The van der Waals surface area contributed by atoms with Crippen molar-refractivity contribution in [3.63, 3.8) is 0 Å². The van der Waals surface area contributed by atoms with E-state index in [1.807, 2.05) is 0 Å². The van der Waals surface area contributed by atoms with Gasteiger partial charge in [-0.05, 0) is 58.2 Å². The molecule has 1 unspecified atom stereocenters. The smallest absolute Gasteiger partial charge is 0.0370 e. The second-order valence-electron chi connectivity index (χ2n) is 6.00. The minimum Gasteiger partial charge on any atom is -0.328 e. The normalized spacial score (nSPS) is 26.3. The van der Waals surface area contributed by atoms with Gasteiger partial charge in [0, 0.05) is 12.1 Å². The van der Waals surface area contributed by atoms with E-state index in [1.54, 1.807) is 0 Å². The fourth-order valence-corrected chi connectivity index (χ4v) is 3.31. The third-order valence-corrected chi connectivity index (χ3v) is 4.20.